The molecular formula is C18H22N4O2. The second-order valence-electron chi connectivity index (χ2n) is 7.22. The molecule has 6 heteroatoms. The zero-order valence-corrected chi connectivity index (χ0v) is 14.0. The zero-order chi connectivity index (χ0) is 16.9. The first kappa shape index (κ1) is 15.2. The van der Waals surface area contributed by atoms with Gasteiger partial charge in [-0.05, 0) is 25.5 Å². The minimum absolute atomic E-state index is 0.0128. The van der Waals surface area contributed by atoms with Crippen molar-refractivity contribution in [1.82, 2.24) is 20.1 Å². The van der Waals surface area contributed by atoms with Crippen LogP contribution in [0.25, 0.3) is 10.9 Å². The number of amides is 2. The molecule has 126 valence electrons. The van der Waals surface area contributed by atoms with Crippen LogP contribution in [-0.4, -0.2) is 57.8 Å². The number of para-hydroxylation sites is 1. The Morgan fingerprint density at radius 3 is 2.83 bits per heavy atom. The number of hydrogen-bond acceptors (Lipinski definition) is 3. The van der Waals surface area contributed by atoms with Gasteiger partial charge in [-0.15, -0.1) is 0 Å². The molecule has 4 rings (SSSR count). The third kappa shape index (κ3) is 2.38. The molecule has 2 N–H and O–H groups in total. The van der Waals surface area contributed by atoms with Crippen LogP contribution in [0.3, 0.4) is 0 Å². The molecule has 24 heavy (non-hydrogen) atoms. The summed E-state index contributed by atoms with van der Waals surface area (Å²) in [6.45, 7) is 6.27. The van der Waals surface area contributed by atoms with Crippen LogP contribution >= 0.6 is 0 Å². The predicted molar refractivity (Wildman–Crippen MR) is 91.3 cm³/mol. The summed E-state index contributed by atoms with van der Waals surface area (Å²) in [7, 11) is 0. The monoisotopic (exact) mass is 326 g/mol. The van der Waals surface area contributed by atoms with Crippen molar-refractivity contribution >= 4 is 22.7 Å². The molecule has 2 aliphatic heterocycles. The van der Waals surface area contributed by atoms with Crippen LogP contribution in [0.2, 0.25) is 0 Å². The first-order chi connectivity index (χ1) is 11.5. The van der Waals surface area contributed by atoms with Gasteiger partial charge in [-0.1, -0.05) is 18.2 Å². The fourth-order valence-electron chi connectivity index (χ4n) is 3.76. The molecule has 0 aliphatic carbocycles. The first-order valence-corrected chi connectivity index (χ1v) is 8.36. The minimum Gasteiger partial charge on any atom is -0.361 e. The van der Waals surface area contributed by atoms with Crippen molar-refractivity contribution < 1.29 is 9.59 Å². The lowest BCUT2D eigenvalue weighted by Gasteiger charge is -2.47. The van der Waals surface area contributed by atoms with E-state index in [4.69, 9.17) is 0 Å². The summed E-state index contributed by atoms with van der Waals surface area (Å²) in [6, 6.07) is 7.83. The molecule has 2 saturated heterocycles. The normalized spacial score (nSPS) is 24.1. The van der Waals surface area contributed by atoms with Crippen LogP contribution in [0.5, 0.6) is 0 Å². The lowest BCUT2D eigenvalue weighted by molar-refractivity contribution is -0.157. The van der Waals surface area contributed by atoms with Crippen molar-refractivity contribution in [2.75, 3.05) is 19.6 Å². The van der Waals surface area contributed by atoms with Gasteiger partial charge in [0.25, 0.3) is 0 Å². The zero-order valence-electron chi connectivity index (χ0n) is 14.0. The minimum atomic E-state index is -0.799. The second-order valence-corrected chi connectivity index (χ2v) is 7.22. The molecule has 0 bridgehead atoms. The van der Waals surface area contributed by atoms with Gasteiger partial charge in [0.05, 0.1) is 0 Å². The quantitative estimate of drug-likeness (QED) is 0.868. The highest BCUT2D eigenvalue weighted by Gasteiger charge is 2.47. The van der Waals surface area contributed by atoms with Gasteiger partial charge in [-0.2, -0.15) is 0 Å². The van der Waals surface area contributed by atoms with Crippen LogP contribution in [0.1, 0.15) is 19.4 Å². The molecule has 2 aromatic rings. The van der Waals surface area contributed by atoms with E-state index in [2.05, 4.69) is 27.3 Å². The third-order valence-corrected chi connectivity index (χ3v) is 5.07. The Kier molecular flexibility index (Phi) is 3.38. The van der Waals surface area contributed by atoms with Gasteiger partial charge in [-0.25, -0.2) is 0 Å². The van der Waals surface area contributed by atoms with E-state index < -0.39 is 5.54 Å². The summed E-state index contributed by atoms with van der Waals surface area (Å²) < 4.78 is 0. The van der Waals surface area contributed by atoms with Gasteiger partial charge in [0.15, 0.2) is 0 Å². The molecule has 1 atom stereocenters. The number of nitrogens with zero attached hydrogens (tertiary/aromatic N) is 2. The van der Waals surface area contributed by atoms with Gasteiger partial charge in [-0.3, -0.25) is 14.5 Å². The molecule has 1 aromatic carbocycles. The number of piperazine rings is 2. The number of H-pyrrole nitrogens is 1. The number of aromatic nitrogens is 1. The molecule has 1 aromatic heterocycles. The topological polar surface area (TPSA) is 68.4 Å². The summed E-state index contributed by atoms with van der Waals surface area (Å²) in [5, 5.41) is 4.06. The van der Waals surface area contributed by atoms with Crippen molar-refractivity contribution in [2.45, 2.75) is 32.0 Å². The van der Waals surface area contributed by atoms with E-state index in [0.29, 0.717) is 13.1 Å². The summed E-state index contributed by atoms with van der Waals surface area (Å²) in [4.78, 5) is 32.2. The van der Waals surface area contributed by atoms with E-state index in [0.717, 1.165) is 18.6 Å². The number of carbonyl (C=O) groups excluding carboxylic acids is 2. The highest BCUT2D eigenvalue weighted by Crippen LogP contribution is 2.24. The third-order valence-electron chi connectivity index (χ3n) is 5.07. The highest BCUT2D eigenvalue weighted by atomic mass is 16.2. The summed E-state index contributed by atoms with van der Waals surface area (Å²) in [5.41, 5.74) is 1.55. The van der Waals surface area contributed by atoms with E-state index in [-0.39, 0.29) is 17.9 Å². The number of benzene rings is 1. The lowest BCUT2D eigenvalue weighted by Crippen LogP contribution is -2.72. The molecule has 2 fully saturated rings. The molecule has 0 radical (unpaired) electrons. The summed E-state index contributed by atoms with van der Waals surface area (Å²) in [5.74, 6) is -0.0397. The van der Waals surface area contributed by atoms with Gasteiger partial charge >= 0.3 is 0 Å². The first-order valence-electron chi connectivity index (χ1n) is 8.36. The van der Waals surface area contributed by atoms with Gasteiger partial charge in [0.1, 0.15) is 11.6 Å². The Morgan fingerprint density at radius 2 is 2.00 bits per heavy atom. The number of carbonyl (C=O) groups is 2. The van der Waals surface area contributed by atoms with E-state index in [1.807, 2.05) is 18.3 Å². The van der Waals surface area contributed by atoms with Crippen LogP contribution in [0.15, 0.2) is 30.5 Å². The maximum Gasteiger partial charge on any atom is 0.248 e. The Hall–Kier alpha value is -2.34. The van der Waals surface area contributed by atoms with Crippen molar-refractivity contribution in [1.29, 1.82) is 0 Å². The van der Waals surface area contributed by atoms with Gasteiger partial charge in [0.2, 0.25) is 11.8 Å². The van der Waals surface area contributed by atoms with E-state index >= 15 is 0 Å². The molecule has 2 aliphatic rings. The number of nitrogens with one attached hydrogen (secondary N) is 2. The van der Waals surface area contributed by atoms with Gasteiger partial charge < -0.3 is 15.2 Å². The van der Waals surface area contributed by atoms with Crippen LogP contribution < -0.4 is 5.32 Å². The second kappa shape index (κ2) is 5.34. The fourth-order valence-corrected chi connectivity index (χ4v) is 3.76. The highest BCUT2D eigenvalue weighted by molar-refractivity contribution is 5.99. The molecule has 2 amide bonds. The lowest BCUT2D eigenvalue weighted by atomic mass is 9.95. The standard InChI is InChI=1S/C18H22N4O2/c1-18(2)17(24)22-8-7-21(11-15(22)16(23)20-18)10-12-9-19-14-6-4-3-5-13(12)14/h3-6,9,15,19H,7-8,10-11H2,1-2H3,(H,20,23). The van der Waals surface area contributed by atoms with Crippen molar-refractivity contribution in [3.05, 3.63) is 36.0 Å². The molecule has 3 heterocycles. The summed E-state index contributed by atoms with van der Waals surface area (Å²) >= 11 is 0. The predicted octanol–water partition coefficient (Wildman–Crippen LogP) is 1.09. The molecule has 0 spiro atoms. The maximum absolute atomic E-state index is 12.5. The maximum atomic E-state index is 12.5. The SMILES string of the molecule is CC1(C)NC(=O)C2CN(Cc3c[nH]c4ccccc34)CCN2C1=O. The molecule has 0 saturated carbocycles. The summed E-state index contributed by atoms with van der Waals surface area (Å²) in [6.07, 6.45) is 2.03. The van der Waals surface area contributed by atoms with E-state index in [1.54, 1.807) is 18.7 Å². The average Bonchev–Trinajstić information content (AvgIpc) is 2.96. The Labute approximate surface area is 140 Å². The molecular weight excluding hydrogens is 304 g/mol. The van der Waals surface area contributed by atoms with Crippen LogP contribution in [0, 0.1) is 0 Å². The van der Waals surface area contributed by atoms with Crippen LogP contribution in [-0.2, 0) is 16.1 Å². The van der Waals surface area contributed by atoms with Crippen LogP contribution in [0.4, 0.5) is 0 Å². The largest absolute Gasteiger partial charge is 0.361 e. The molecule has 6 nitrogen and oxygen atoms in total. The Balaban J connectivity index is 1.52. The number of hydrogen-bond donors (Lipinski definition) is 2. The number of fused-ring (bicyclic) bond motifs is 2. The van der Waals surface area contributed by atoms with E-state index in [9.17, 15) is 9.59 Å². The van der Waals surface area contributed by atoms with Crippen molar-refractivity contribution in [2.24, 2.45) is 0 Å². The Bertz CT molecular complexity index is 810. The Morgan fingerprint density at radius 1 is 1.21 bits per heavy atom. The van der Waals surface area contributed by atoms with E-state index in [1.165, 1.54) is 10.9 Å². The average molecular weight is 326 g/mol. The smallest absolute Gasteiger partial charge is 0.248 e. The molecule has 1 unspecified atom stereocenters. The number of rotatable bonds is 2. The van der Waals surface area contributed by atoms with Crippen molar-refractivity contribution in [3.63, 3.8) is 0 Å². The van der Waals surface area contributed by atoms with Crippen molar-refractivity contribution in [3.8, 4) is 0 Å². The van der Waals surface area contributed by atoms with Gasteiger partial charge in [0, 0.05) is 43.3 Å². The fraction of sp³-hybridized carbons (Fsp3) is 0.444. The number of aromatic amines is 1.